The first-order chi connectivity index (χ1) is 9.25. The van der Waals surface area contributed by atoms with Gasteiger partial charge < -0.3 is 14.4 Å². The predicted octanol–water partition coefficient (Wildman–Crippen LogP) is 1.79. The monoisotopic (exact) mass is 262 g/mol. The van der Waals surface area contributed by atoms with Crippen LogP contribution in [0.2, 0.25) is 0 Å². The minimum atomic E-state index is -0.248. The molecule has 0 spiro atoms. The van der Waals surface area contributed by atoms with E-state index in [1.165, 1.54) is 5.69 Å². The standard InChI is InChI=1S/C14H18N2O3/c1-11-10-12(15-4-7-18-8-5-15)2-3-13(11)16-6-9-19-14(16)17/h2-3,10H,4-9H2,1H3. The van der Waals surface area contributed by atoms with E-state index in [0.29, 0.717) is 13.2 Å². The van der Waals surface area contributed by atoms with E-state index in [4.69, 9.17) is 9.47 Å². The summed E-state index contributed by atoms with van der Waals surface area (Å²) in [7, 11) is 0. The summed E-state index contributed by atoms with van der Waals surface area (Å²) in [5, 5.41) is 0. The number of morpholine rings is 1. The smallest absolute Gasteiger partial charge is 0.414 e. The Labute approximate surface area is 112 Å². The zero-order chi connectivity index (χ0) is 13.2. The van der Waals surface area contributed by atoms with Gasteiger partial charge in [0.2, 0.25) is 0 Å². The summed E-state index contributed by atoms with van der Waals surface area (Å²) in [6.45, 7) is 6.54. The second-order valence-corrected chi connectivity index (χ2v) is 4.84. The SMILES string of the molecule is Cc1cc(N2CCOCC2)ccc1N1CCOC1=O. The first-order valence-electron chi connectivity index (χ1n) is 6.63. The van der Waals surface area contributed by atoms with E-state index in [1.54, 1.807) is 4.90 Å². The normalized spacial score (nSPS) is 19.7. The third-order valence-corrected chi connectivity index (χ3v) is 3.61. The topological polar surface area (TPSA) is 42.0 Å². The van der Waals surface area contributed by atoms with Crippen LogP contribution in [-0.2, 0) is 9.47 Å². The second-order valence-electron chi connectivity index (χ2n) is 4.84. The van der Waals surface area contributed by atoms with Crippen molar-refractivity contribution in [1.82, 2.24) is 0 Å². The molecule has 0 radical (unpaired) electrons. The second kappa shape index (κ2) is 5.09. The number of aryl methyl sites for hydroxylation is 1. The van der Waals surface area contributed by atoms with Crippen LogP contribution in [0, 0.1) is 6.92 Å². The molecule has 0 saturated carbocycles. The Morgan fingerprint density at radius 3 is 2.53 bits per heavy atom. The molecule has 5 nitrogen and oxygen atoms in total. The minimum Gasteiger partial charge on any atom is -0.447 e. The summed E-state index contributed by atoms with van der Waals surface area (Å²) in [4.78, 5) is 15.6. The molecule has 19 heavy (non-hydrogen) atoms. The van der Waals surface area contributed by atoms with Crippen molar-refractivity contribution in [3.8, 4) is 0 Å². The Bertz CT molecular complexity index is 484. The summed E-state index contributed by atoms with van der Waals surface area (Å²) in [6, 6.07) is 6.21. The van der Waals surface area contributed by atoms with Crippen LogP contribution in [0.15, 0.2) is 18.2 Å². The van der Waals surface area contributed by atoms with Gasteiger partial charge >= 0.3 is 6.09 Å². The number of nitrogens with zero attached hydrogens (tertiary/aromatic N) is 2. The molecule has 5 heteroatoms. The minimum absolute atomic E-state index is 0.248. The lowest BCUT2D eigenvalue weighted by molar-refractivity contribution is 0.122. The third-order valence-electron chi connectivity index (χ3n) is 3.61. The molecule has 1 aromatic rings. The van der Waals surface area contributed by atoms with Crippen LogP contribution >= 0.6 is 0 Å². The number of hydrogen-bond acceptors (Lipinski definition) is 4. The fourth-order valence-corrected chi connectivity index (χ4v) is 2.57. The van der Waals surface area contributed by atoms with Crippen molar-refractivity contribution < 1.29 is 14.3 Å². The predicted molar refractivity (Wildman–Crippen MR) is 72.9 cm³/mol. The van der Waals surface area contributed by atoms with E-state index in [2.05, 4.69) is 17.0 Å². The molecule has 3 rings (SSSR count). The Morgan fingerprint density at radius 2 is 1.89 bits per heavy atom. The number of benzene rings is 1. The number of anilines is 2. The number of hydrogen-bond donors (Lipinski definition) is 0. The molecule has 2 fully saturated rings. The van der Waals surface area contributed by atoms with Crippen LogP contribution in [-0.4, -0.2) is 45.5 Å². The number of ether oxygens (including phenoxy) is 2. The molecular formula is C14H18N2O3. The zero-order valence-electron chi connectivity index (χ0n) is 11.1. The average Bonchev–Trinajstić information content (AvgIpc) is 2.86. The number of amides is 1. The lowest BCUT2D eigenvalue weighted by atomic mass is 10.1. The van der Waals surface area contributed by atoms with Gasteiger partial charge in [-0.1, -0.05) is 0 Å². The first-order valence-corrected chi connectivity index (χ1v) is 6.63. The van der Waals surface area contributed by atoms with Crippen molar-refractivity contribution in [2.45, 2.75) is 6.92 Å². The van der Waals surface area contributed by atoms with Crippen LogP contribution in [0.3, 0.4) is 0 Å². The van der Waals surface area contributed by atoms with Gasteiger partial charge in [0.15, 0.2) is 0 Å². The lowest BCUT2D eigenvalue weighted by Crippen LogP contribution is -2.36. The molecule has 2 heterocycles. The Balaban J connectivity index is 1.83. The van der Waals surface area contributed by atoms with E-state index in [0.717, 1.165) is 37.6 Å². The van der Waals surface area contributed by atoms with E-state index < -0.39 is 0 Å². The number of carbonyl (C=O) groups excluding carboxylic acids is 1. The molecule has 0 atom stereocenters. The van der Waals surface area contributed by atoms with Gasteiger partial charge in [0.1, 0.15) is 6.61 Å². The highest BCUT2D eigenvalue weighted by atomic mass is 16.6. The summed E-state index contributed by atoms with van der Waals surface area (Å²) in [5.74, 6) is 0. The molecule has 0 bridgehead atoms. The van der Waals surface area contributed by atoms with Crippen LogP contribution in [0.5, 0.6) is 0 Å². The molecule has 2 aliphatic rings. The van der Waals surface area contributed by atoms with E-state index in [-0.39, 0.29) is 6.09 Å². The highest BCUT2D eigenvalue weighted by Crippen LogP contribution is 2.28. The third kappa shape index (κ3) is 2.38. The van der Waals surface area contributed by atoms with Gasteiger partial charge in [-0.2, -0.15) is 0 Å². The Hall–Kier alpha value is -1.75. The van der Waals surface area contributed by atoms with Crippen LogP contribution < -0.4 is 9.80 Å². The molecule has 1 aromatic carbocycles. The first kappa shape index (κ1) is 12.3. The van der Waals surface area contributed by atoms with Crippen LogP contribution in [0.4, 0.5) is 16.2 Å². The molecule has 102 valence electrons. The maximum atomic E-state index is 11.6. The van der Waals surface area contributed by atoms with E-state index in [9.17, 15) is 4.79 Å². The fraction of sp³-hybridized carbons (Fsp3) is 0.500. The Morgan fingerprint density at radius 1 is 1.11 bits per heavy atom. The average molecular weight is 262 g/mol. The molecule has 0 unspecified atom stereocenters. The van der Waals surface area contributed by atoms with Gasteiger partial charge in [0, 0.05) is 18.8 Å². The summed E-state index contributed by atoms with van der Waals surface area (Å²) in [6.07, 6.45) is -0.248. The highest BCUT2D eigenvalue weighted by molar-refractivity contribution is 5.90. The zero-order valence-corrected chi connectivity index (χ0v) is 11.1. The van der Waals surface area contributed by atoms with Gasteiger partial charge in [-0.25, -0.2) is 4.79 Å². The summed E-state index contributed by atoms with van der Waals surface area (Å²) >= 11 is 0. The largest absolute Gasteiger partial charge is 0.447 e. The van der Waals surface area contributed by atoms with Crippen LogP contribution in [0.1, 0.15) is 5.56 Å². The Kier molecular flexibility index (Phi) is 3.29. The lowest BCUT2D eigenvalue weighted by Gasteiger charge is -2.29. The molecule has 1 amide bonds. The molecular weight excluding hydrogens is 244 g/mol. The van der Waals surface area contributed by atoms with E-state index in [1.807, 2.05) is 13.0 Å². The van der Waals surface area contributed by atoms with Crippen molar-refractivity contribution in [1.29, 1.82) is 0 Å². The number of cyclic esters (lactones) is 1. The number of carbonyl (C=O) groups is 1. The van der Waals surface area contributed by atoms with Gasteiger partial charge in [-0.15, -0.1) is 0 Å². The maximum Gasteiger partial charge on any atom is 0.414 e. The molecule has 2 aliphatic heterocycles. The summed E-state index contributed by atoms with van der Waals surface area (Å²) < 4.78 is 10.3. The molecule has 0 aromatic heterocycles. The maximum absolute atomic E-state index is 11.6. The molecule has 0 N–H and O–H groups in total. The highest BCUT2D eigenvalue weighted by Gasteiger charge is 2.25. The van der Waals surface area contributed by atoms with Gasteiger partial charge in [0.25, 0.3) is 0 Å². The van der Waals surface area contributed by atoms with Crippen molar-refractivity contribution >= 4 is 17.5 Å². The molecule has 0 aliphatic carbocycles. The van der Waals surface area contributed by atoms with Crippen molar-refractivity contribution in [2.24, 2.45) is 0 Å². The number of rotatable bonds is 2. The van der Waals surface area contributed by atoms with Gasteiger partial charge in [0.05, 0.1) is 25.4 Å². The molecule has 2 saturated heterocycles. The van der Waals surface area contributed by atoms with Crippen molar-refractivity contribution in [3.05, 3.63) is 23.8 Å². The van der Waals surface area contributed by atoms with Gasteiger partial charge in [-0.3, -0.25) is 4.90 Å². The quantitative estimate of drug-likeness (QED) is 0.815. The van der Waals surface area contributed by atoms with E-state index >= 15 is 0 Å². The van der Waals surface area contributed by atoms with Crippen LogP contribution in [0.25, 0.3) is 0 Å². The van der Waals surface area contributed by atoms with Gasteiger partial charge in [-0.05, 0) is 30.7 Å². The van der Waals surface area contributed by atoms with Crippen molar-refractivity contribution in [3.63, 3.8) is 0 Å². The summed E-state index contributed by atoms with van der Waals surface area (Å²) in [5.41, 5.74) is 3.24. The van der Waals surface area contributed by atoms with Crippen molar-refractivity contribution in [2.75, 3.05) is 49.3 Å². The fourth-order valence-electron chi connectivity index (χ4n) is 2.57.